The van der Waals surface area contributed by atoms with Gasteiger partial charge in [0.2, 0.25) is 0 Å². The summed E-state index contributed by atoms with van der Waals surface area (Å²) in [6.45, 7) is 0. The molecule has 0 radical (unpaired) electrons. The molecular formula is C22H16O6. The number of phenolic OH excluding ortho intramolecular Hbond substituents is 2. The smallest absolute Gasteiger partial charge is 0.336 e. The lowest BCUT2D eigenvalue weighted by molar-refractivity contribution is 0.0687. The second-order valence-corrected chi connectivity index (χ2v) is 6.00. The van der Waals surface area contributed by atoms with Crippen LogP contribution in [-0.2, 0) is 0 Å². The van der Waals surface area contributed by atoms with E-state index in [1.165, 1.54) is 24.3 Å². The van der Waals surface area contributed by atoms with Crippen LogP contribution >= 0.6 is 0 Å². The van der Waals surface area contributed by atoms with Crippen molar-refractivity contribution >= 4 is 33.5 Å². The van der Waals surface area contributed by atoms with Crippen LogP contribution in [0.4, 0.5) is 0 Å². The van der Waals surface area contributed by atoms with Gasteiger partial charge in [0, 0.05) is 10.8 Å². The van der Waals surface area contributed by atoms with E-state index in [-0.39, 0.29) is 22.6 Å². The van der Waals surface area contributed by atoms with Gasteiger partial charge in [0.1, 0.15) is 11.5 Å². The van der Waals surface area contributed by atoms with Crippen LogP contribution in [0.5, 0.6) is 11.5 Å². The van der Waals surface area contributed by atoms with Crippen molar-refractivity contribution in [1.82, 2.24) is 0 Å². The van der Waals surface area contributed by atoms with E-state index in [2.05, 4.69) is 0 Å². The normalized spacial score (nSPS) is 10.3. The fourth-order valence-corrected chi connectivity index (χ4v) is 2.88. The maximum absolute atomic E-state index is 10.8. The molecule has 6 nitrogen and oxygen atoms in total. The molecule has 0 saturated heterocycles. The summed E-state index contributed by atoms with van der Waals surface area (Å²) in [5, 5.41) is 39.1. The molecule has 6 heteroatoms. The number of carbonyl (C=O) groups is 2. The van der Waals surface area contributed by atoms with Gasteiger partial charge in [-0.25, -0.2) is 9.59 Å². The first-order valence-corrected chi connectivity index (χ1v) is 8.27. The van der Waals surface area contributed by atoms with Gasteiger partial charge in [0.05, 0.1) is 11.1 Å². The first-order chi connectivity index (χ1) is 13.4. The van der Waals surface area contributed by atoms with Crippen LogP contribution in [0.1, 0.15) is 20.7 Å². The third-order valence-electron chi connectivity index (χ3n) is 4.23. The third-order valence-corrected chi connectivity index (χ3v) is 4.23. The van der Waals surface area contributed by atoms with Crippen LogP contribution < -0.4 is 0 Å². The van der Waals surface area contributed by atoms with E-state index in [1.54, 1.807) is 48.5 Å². The lowest BCUT2D eigenvalue weighted by Crippen LogP contribution is -1.96. The van der Waals surface area contributed by atoms with Gasteiger partial charge in [0.15, 0.2) is 0 Å². The fraction of sp³-hybridized carbons (Fsp3) is 0. The Kier molecular flexibility index (Phi) is 5.13. The number of hydrogen-bond donors (Lipinski definition) is 4. The Bertz CT molecular complexity index is 1200. The minimum absolute atomic E-state index is 0.102. The molecule has 0 aliphatic carbocycles. The molecule has 0 amide bonds. The van der Waals surface area contributed by atoms with Gasteiger partial charge < -0.3 is 20.4 Å². The quantitative estimate of drug-likeness (QED) is 0.410. The van der Waals surface area contributed by atoms with Crippen molar-refractivity contribution in [2.24, 2.45) is 0 Å². The van der Waals surface area contributed by atoms with Crippen molar-refractivity contribution in [2.45, 2.75) is 0 Å². The minimum Gasteiger partial charge on any atom is -0.507 e. The first-order valence-electron chi connectivity index (χ1n) is 8.27. The molecule has 0 aliphatic rings. The molecule has 4 aromatic carbocycles. The van der Waals surface area contributed by atoms with Crippen molar-refractivity contribution in [3.63, 3.8) is 0 Å². The summed E-state index contributed by atoms with van der Waals surface area (Å²) in [5.74, 6) is -1.68. The summed E-state index contributed by atoms with van der Waals surface area (Å²) in [5.41, 5.74) is 0.432. The highest BCUT2D eigenvalue weighted by atomic mass is 16.4. The highest BCUT2D eigenvalue weighted by molar-refractivity contribution is 6.05. The van der Waals surface area contributed by atoms with Crippen molar-refractivity contribution in [3.8, 4) is 11.5 Å². The van der Waals surface area contributed by atoms with Gasteiger partial charge in [0.25, 0.3) is 0 Å². The van der Waals surface area contributed by atoms with Crippen LogP contribution in [0.25, 0.3) is 21.5 Å². The van der Waals surface area contributed by atoms with E-state index in [4.69, 9.17) is 10.2 Å². The van der Waals surface area contributed by atoms with E-state index in [0.717, 1.165) is 5.39 Å². The summed E-state index contributed by atoms with van der Waals surface area (Å²) < 4.78 is 0. The average Bonchev–Trinajstić information content (AvgIpc) is 2.68. The Morgan fingerprint density at radius 2 is 1.21 bits per heavy atom. The zero-order valence-corrected chi connectivity index (χ0v) is 14.5. The molecule has 140 valence electrons. The Balaban J connectivity index is 0.000000161. The molecule has 0 fully saturated rings. The molecule has 28 heavy (non-hydrogen) atoms. The molecule has 0 heterocycles. The highest BCUT2D eigenvalue weighted by Gasteiger charge is 2.09. The van der Waals surface area contributed by atoms with Crippen LogP contribution in [0, 0.1) is 0 Å². The van der Waals surface area contributed by atoms with Gasteiger partial charge in [-0.05, 0) is 47.2 Å². The number of fused-ring (bicyclic) bond motifs is 2. The van der Waals surface area contributed by atoms with Crippen LogP contribution in [-0.4, -0.2) is 32.4 Å². The van der Waals surface area contributed by atoms with Gasteiger partial charge >= 0.3 is 11.9 Å². The highest BCUT2D eigenvalue weighted by Crippen LogP contribution is 2.27. The third kappa shape index (κ3) is 3.71. The summed E-state index contributed by atoms with van der Waals surface area (Å²) in [6.07, 6.45) is 0. The van der Waals surface area contributed by atoms with Gasteiger partial charge in [-0.1, -0.05) is 36.4 Å². The lowest BCUT2D eigenvalue weighted by Gasteiger charge is -2.03. The molecule has 0 spiro atoms. The summed E-state index contributed by atoms with van der Waals surface area (Å²) in [4.78, 5) is 21.5. The van der Waals surface area contributed by atoms with Crippen molar-refractivity contribution in [2.75, 3.05) is 0 Å². The maximum Gasteiger partial charge on any atom is 0.336 e. The number of aromatic carboxylic acids is 2. The number of benzene rings is 4. The zero-order valence-electron chi connectivity index (χ0n) is 14.5. The van der Waals surface area contributed by atoms with Crippen LogP contribution in [0.3, 0.4) is 0 Å². The minimum atomic E-state index is -0.985. The molecule has 0 atom stereocenters. The second kappa shape index (κ2) is 7.67. The fourth-order valence-electron chi connectivity index (χ4n) is 2.88. The molecule has 4 aromatic rings. The Morgan fingerprint density at radius 3 is 1.89 bits per heavy atom. The number of phenols is 2. The molecule has 0 aromatic heterocycles. The summed E-state index contributed by atoms with van der Waals surface area (Å²) in [6, 6.07) is 19.3. The largest absolute Gasteiger partial charge is 0.507 e. The number of carboxylic acid groups (broad SMARTS) is 2. The molecule has 0 bridgehead atoms. The predicted molar refractivity (Wildman–Crippen MR) is 105 cm³/mol. The van der Waals surface area contributed by atoms with E-state index < -0.39 is 11.9 Å². The molecule has 4 N–H and O–H groups in total. The predicted octanol–water partition coefficient (Wildman–Crippen LogP) is 4.49. The molecular weight excluding hydrogens is 360 g/mol. The van der Waals surface area contributed by atoms with E-state index in [1.807, 2.05) is 0 Å². The SMILES string of the molecule is O=C(O)c1ccc2c(O)cccc2c1.O=C(O)c1cccc2c(O)cccc12. The number of rotatable bonds is 2. The molecule has 0 aliphatic heterocycles. The van der Waals surface area contributed by atoms with E-state index >= 15 is 0 Å². The Hall–Kier alpha value is -4.06. The average molecular weight is 376 g/mol. The van der Waals surface area contributed by atoms with Crippen molar-refractivity contribution < 1.29 is 30.0 Å². The molecule has 4 rings (SSSR count). The topological polar surface area (TPSA) is 115 Å². The van der Waals surface area contributed by atoms with Crippen molar-refractivity contribution in [1.29, 1.82) is 0 Å². The molecule has 0 unspecified atom stereocenters. The van der Waals surface area contributed by atoms with E-state index in [9.17, 15) is 19.8 Å². The van der Waals surface area contributed by atoms with E-state index in [0.29, 0.717) is 16.2 Å². The summed E-state index contributed by atoms with van der Waals surface area (Å²) >= 11 is 0. The number of carboxylic acids is 2. The standard InChI is InChI=1S/2C11H8O3/c12-10-6-2-3-7-8(10)4-1-5-9(7)11(13)14;12-10-3-1-2-7-6-8(11(13)14)4-5-9(7)10/h2*1-6,12H,(H,13,14). The Labute approximate surface area is 159 Å². The van der Waals surface area contributed by atoms with Gasteiger partial charge in [-0.2, -0.15) is 0 Å². The number of hydrogen-bond acceptors (Lipinski definition) is 4. The first kappa shape index (κ1) is 18.7. The monoisotopic (exact) mass is 376 g/mol. The molecule has 0 saturated carbocycles. The Morgan fingerprint density at radius 1 is 0.607 bits per heavy atom. The van der Waals surface area contributed by atoms with Gasteiger partial charge in [-0.3, -0.25) is 0 Å². The van der Waals surface area contributed by atoms with Gasteiger partial charge in [-0.15, -0.1) is 0 Å². The maximum atomic E-state index is 10.8. The second-order valence-electron chi connectivity index (χ2n) is 6.00. The van der Waals surface area contributed by atoms with Crippen molar-refractivity contribution in [3.05, 3.63) is 83.9 Å². The zero-order chi connectivity index (χ0) is 20.3. The van der Waals surface area contributed by atoms with Crippen LogP contribution in [0.2, 0.25) is 0 Å². The number of aromatic hydroxyl groups is 2. The summed E-state index contributed by atoms with van der Waals surface area (Å²) in [7, 11) is 0. The lowest BCUT2D eigenvalue weighted by atomic mass is 10.0. The van der Waals surface area contributed by atoms with Crippen LogP contribution in [0.15, 0.2) is 72.8 Å².